The van der Waals surface area contributed by atoms with Crippen molar-refractivity contribution in [3.8, 4) is 0 Å². The van der Waals surface area contributed by atoms with Gasteiger partial charge in [0.1, 0.15) is 0 Å². The average Bonchev–Trinajstić information content (AvgIpc) is 2.03. The lowest BCUT2D eigenvalue weighted by Gasteiger charge is -2.11. The molecule has 0 aliphatic rings. The molecule has 0 aliphatic heterocycles. The molecule has 12 heavy (non-hydrogen) atoms. The normalized spacial score (nSPS) is 10.2. The van der Waals surface area contributed by atoms with Crippen LogP contribution in [0.4, 0.5) is 0 Å². The van der Waals surface area contributed by atoms with Crippen LogP contribution in [0.1, 0.15) is 6.42 Å². The largest absolute Gasteiger partial charge is 0.294 e. The molecule has 0 unspecified atom stereocenters. The third-order valence-electron chi connectivity index (χ3n) is 1.20. The quantitative estimate of drug-likeness (QED) is 0.413. The highest BCUT2D eigenvalue weighted by Gasteiger charge is 2.10. The maximum absolute atomic E-state index is 11.0. The van der Waals surface area contributed by atoms with Crippen molar-refractivity contribution in [3.63, 3.8) is 0 Å². The Morgan fingerprint density at radius 2 is 2.17 bits per heavy atom. The molecule has 0 fully saturated rings. The van der Waals surface area contributed by atoms with Crippen LogP contribution in [0.15, 0.2) is 11.1 Å². The number of hydrogen-bond acceptors (Lipinski definition) is 3. The van der Waals surface area contributed by atoms with E-state index < -0.39 is 0 Å². The summed E-state index contributed by atoms with van der Waals surface area (Å²) in [6.45, 7) is 0. The second kappa shape index (κ2) is 5.91. The summed E-state index contributed by atoms with van der Waals surface area (Å²) in [6.07, 6.45) is 1.10. The topological polar surface area (TPSA) is 46.6 Å². The molecular weight excluding hydrogens is 226 g/mol. The van der Waals surface area contributed by atoms with Crippen LogP contribution in [0.2, 0.25) is 0 Å². The van der Waals surface area contributed by atoms with E-state index in [-0.39, 0.29) is 18.1 Å². The fourth-order valence-corrected chi connectivity index (χ4v) is 0.786. The van der Waals surface area contributed by atoms with Crippen molar-refractivity contribution >= 4 is 27.6 Å². The van der Waals surface area contributed by atoms with Crippen LogP contribution < -0.4 is 0 Å². The number of hydroxylamine groups is 2. The number of ketones is 1. The van der Waals surface area contributed by atoms with Crippen LogP contribution in [0.3, 0.4) is 0 Å². The molecule has 0 saturated heterocycles. The number of halogens is 1. The maximum Gasteiger partial charge on any atom is 0.253 e. The van der Waals surface area contributed by atoms with E-state index in [2.05, 4.69) is 20.8 Å². The van der Waals surface area contributed by atoms with Gasteiger partial charge in [-0.25, -0.2) is 5.06 Å². The average molecular weight is 236 g/mol. The number of nitrogens with zero attached hydrogens (tertiary/aromatic N) is 1. The van der Waals surface area contributed by atoms with Gasteiger partial charge in [0.05, 0.1) is 13.5 Å². The van der Waals surface area contributed by atoms with E-state index >= 15 is 0 Å². The zero-order valence-electron chi connectivity index (χ0n) is 6.91. The van der Waals surface area contributed by atoms with Crippen molar-refractivity contribution in [2.45, 2.75) is 6.42 Å². The first-order valence-corrected chi connectivity index (χ1v) is 4.13. The number of rotatable bonds is 4. The van der Waals surface area contributed by atoms with Gasteiger partial charge < -0.3 is 0 Å². The SMILES string of the molecule is CON(C)C(=O)CC(=O)/C=C\Br. The van der Waals surface area contributed by atoms with Crippen molar-refractivity contribution in [2.75, 3.05) is 14.2 Å². The second-order valence-electron chi connectivity index (χ2n) is 2.01. The van der Waals surface area contributed by atoms with Gasteiger partial charge in [-0.1, -0.05) is 15.9 Å². The summed E-state index contributed by atoms with van der Waals surface area (Å²) in [5, 5.41) is 1.01. The maximum atomic E-state index is 11.0. The van der Waals surface area contributed by atoms with E-state index in [0.29, 0.717) is 0 Å². The smallest absolute Gasteiger partial charge is 0.253 e. The minimum Gasteiger partial charge on any atom is -0.294 e. The van der Waals surface area contributed by atoms with Crippen molar-refractivity contribution in [2.24, 2.45) is 0 Å². The molecule has 0 aromatic rings. The van der Waals surface area contributed by atoms with Crippen molar-refractivity contribution in [1.29, 1.82) is 0 Å². The van der Waals surface area contributed by atoms with Crippen LogP contribution in [0, 0.1) is 0 Å². The third-order valence-corrected chi connectivity index (χ3v) is 1.46. The Morgan fingerprint density at radius 3 is 2.58 bits per heavy atom. The van der Waals surface area contributed by atoms with Crippen LogP contribution in [0.25, 0.3) is 0 Å². The van der Waals surface area contributed by atoms with E-state index in [1.54, 1.807) is 0 Å². The second-order valence-corrected chi connectivity index (χ2v) is 2.54. The first-order chi connectivity index (χ1) is 5.61. The molecule has 0 radical (unpaired) electrons. The first kappa shape index (κ1) is 11.3. The highest BCUT2D eigenvalue weighted by Crippen LogP contribution is 1.94. The zero-order valence-corrected chi connectivity index (χ0v) is 8.50. The molecule has 0 aromatic heterocycles. The number of allylic oxidation sites excluding steroid dienone is 1. The van der Waals surface area contributed by atoms with Gasteiger partial charge in [-0.2, -0.15) is 0 Å². The van der Waals surface area contributed by atoms with Crippen LogP contribution in [0.5, 0.6) is 0 Å². The van der Waals surface area contributed by atoms with E-state index in [1.807, 2.05) is 0 Å². The summed E-state index contributed by atoms with van der Waals surface area (Å²) < 4.78 is 0. The highest BCUT2D eigenvalue weighted by atomic mass is 79.9. The van der Waals surface area contributed by atoms with Gasteiger partial charge in [0.25, 0.3) is 5.91 Å². The van der Waals surface area contributed by atoms with Crippen LogP contribution in [-0.2, 0) is 14.4 Å². The molecule has 0 rings (SSSR count). The van der Waals surface area contributed by atoms with Gasteiger partial charge >= 0.3 is 0 Å². The minimum absolute atomic E-state index is 0.174. The fourth-order valence-electron chi connectivity index (χ4n) is 0.491. The van der Waals surface area contributed by atoms with Gasteiger partial charge in [0.15, 0.2) is 5.78 Å². The van der Waals surface area contributed by atoms with Crippen molar-refractivity contribution < 1.29 is 14.4 Å². The van der Waals surface area contributed by atoms with Gasteiger partial charge in [-0.05, 0) is 11.1 Å². The number of carbonyl (C=O) groups is 2. The summed E-state index contributed by atoms with van der Waals surface area (Å²) >= 11 is 2.94. The fraction of sp³-hybridized carbons (Fsp3) is 0.429. The summed E-state index contributed by atoms with van der Waals surface area (Å²) in [6, 6.07) is 0. The molecular formula is C7H10BrNO3. The predicted molar refractivity (Wildman–Crippen MR) is 47.5 cm³/mol. The third kappa shape index (κ3) is 4.25. The Kier molecular flexibility index (Phi) is 5.57. The molecule has 0 heterocycles. The van der Waals surface area contributed by atoms with E-state index in [0.717, 1.165) is 5.06 Å². The van der Waals surface area contributed by atoms with Crippen molar-refractivity contribution in [1.82, 2.24) is 5.06 Å². The van der Waals surface area contributed by atoms with E-state index in [9.17, 15) is 9.59 Å². The minimum atomic E-state index is -0.367. The first-order valence-electron chi connectivity index (χ1n) is 3.22. The van der Waals surface area contributed by atoms with E-state index in [1.165, 1.54) is 25.2 Å². The molecule has 68 valence electrons. The molecule has 0 aromatic carbocycles. The lowest BCUT2D eigenvalue weighted by molar-refractivity contribution is -0.169. The summed E-state index contributed by atoms with van der Waals surface area (Å²) in [5.74, 6) is -0.631. The Hall–Kier alpha value is -0.680. The molecule has 0 aliphatic carbocycles. The lowest BCUT2D eigenvalue weighted by Crippen LogP contribution is -2.26. The molecule has 0 bridgehead atoms. The van der Waals surface area contributed by atoms with E-state index in [4.69, 9.17) is 0 Å². The molecule has 4 nitrogen and oxygen atoms in total. The Bertz CT molecular complexity index is 203. The van der Waals surface area contributed by atoms with Gasteiger partial charge in [0, 0.05) is 7.05 Å². The zero-order chi connectivity index (χ0) is 9.56. The molecule has 0 atom stereocenters. The Morgan fingerprint density at radius 1 is 1.58 bits per heavy atom. The lowest BCUT2D eigenvalue weighted by atomic mass is 10.3. The molecule has 1 amide bonds. The Labute approximate surface area is 79.3 Å². The Balaban J connectivity index is 3.92. The highest BCUT2D eigenvalue weighted by molar-refractivity contribution is 9.11. The van der Waals surface area contributed by atoms with Gasteiger partial charge in [0.2, 0.25) is 0 Å². The number of carbonyl (C=O) groups excluding carboxylic acids is 2. The van der Waals surface area contributed by atoms with Crippen LogP contribution >= 0.6 is 15.9 Å². The van der Waals surface area contributed by atoms with Crippen LogP contribution in [-0.4, -0.2) is 30.9 Å². The standard InChI is InChI=1S/C7H10BrNO3/c1-9(12-2)7(11)5-6(10)3-4-8/h3-4H,5H2,1-2H3/b4-3-. The predicted octanol–water partition coefficient (Wildman–Crippen LogP) is 0.874. The molecule has 0 saturated carbocycles. The summed E-state index contributed by atoms with van der Waals surface area (Å²) in [7, 11) is 2.82. The molecule has 0 N–H and O–H groups in total. The van der Waals surface area contributed by atoms with Gasteiger partial charge in [-0.3, -0.25) is 14.4 Å². The molecule has 5 heteroatoms. The summed E-state index contributed by atoms with van der Waals surface area (Å²) in [5.41, 5.74) is 0. The monoisotopic (exact) mass is 235 g/mol. The summed E-state index contributed by atoms with van der Waals surface area (Å²) in [4.78, 5) is 27.8. The molecule has 0 spiro atoms. The van der Waals surface area contributed by atoms with Crippen molar-refractivity contribution in [3.05, 3.63) is 11.1 Å². The number of amides is 1. The number of hydrogen-bond donors (Lipinski definition) is 0. The van der Waals surface area contributed by atoms with Gasteiger partial charge in [-0.15, -0.1) is 0 Å².